The van der Waals surface area contributed by atoms with E-state index in [4.69, 9.17) is 20.8 Å². The quantitative estimate of drug-likeness (QED) is 0.613. The van der Waals surface area contributed by atoms with E-state index in [1.165, 1.54) is 0 Å². The van der Waals surface area contributed by atoms with Gasteiger partial charge in [0.25, 0.3) is 0 Å². The van der Waals surface area contributed by atoms with E-state index in [0.29, 0.717) is 17.5 Å². The normalized spacial score (nSPS) is 10.9. The Morgan fingerprint density at radius 3 is 2.95 bits per heavy atom. The fraction of sp³-hybridized carbons (Fsp3) is 0.133. The monoisotopic (exact) mass is 351 g/mol. The highest BCUT2D eigenvalue weighted by molar-refractivity contribution is 9.10. The number of hydrogen-bond donors (Lipinski definition) is 0. The first kappa shape index (κ1) is 13.5. The van der Waals surface area contributed by atoms with Crippen molar-refractivity contribution < 1.29 is 9.15 Å². The Bertz CT molecular complexity index is 770. The van der Waals surface area contributed by atoms with Crippen LogP contribution in [-0.2, 0) is 6.61 Å². The topological polar surface area (TPSA) is 35.3 Å². The Kier molecular flexibility index (Phi) is 3.68. The first-order valence-electron chi connectivity index (χ1n) is 6.06. The van der Waals surface area contributed by atoms with Crippen LogP contribution < -0.4 is 4.74 Å². The van der Waals surface area contributed by atoms with Crippen LogP contribution in [0.2, 0.25) is 5.02 Å². The highest BCUT2D eigenvalue weighted by Crippen LogP contribution is 2.30. The van der Waals surface area contributed by atoms with E-state index in [1.807, 2.05) is 43.3 Å². The molecule has 2 heterocycles. The molecule has 0 unspecified atom stereocenters. The average Bonchev–Trinajstić information content (AvgIpc) is 2.81. The molecular weight excluding hydrogens is 342 g/mol. The van der Waals surface area contributed by atoms with Crippen LogP contribution in [0.1, 0.15) is 11.3 Å². The SMILES string of the molecule is Cc1cc2c(Cl)ccc(COc3cccc(Br)n3)c2o1. The lowest BCUT2D eigenvalue weighted by molar-refractivity contribution is 0.293. The maximum atomic E-state index is 6.16. The summed E-state index contributed by atoms with van der Waals surface area (Å²) in [6, 6.07) is 11.2. The molecule has 3 aromatic rings. The Balaban J connectivity index is 1.89. The molecule has 0 radical (unpaired) electrons. The summed E-state index contributed by atoms with van der Waals surface area (Å²) in [7, 11) is 0. The predicted molar refractivity (Wildman–Crippen MR) is 82.2 cm³/mol. The summed E-state index contributed by atoms with van der Waals surface area (Å²) >= 11 is 9.47. The number of benzene rings is 1. The van der Waals surface area contributed by atoms with Gasteiger partial charge in [-0.25, -0.2) is 4.98 Å². The molecule has 102 valence electrons. The van der Waals surface area contributed by atoms with Gasteiger partial charge in [-0.15, -0.1) is 0 Å². The molecule has 2 aromatic heterocycles. The number of pyridine rings is 1. The lowest BCUT2D eigenvalue weighted by atomic mass is 10.1. The highest BCUT2D eigenvalue weighted by Gasteiger charge is 2.10. The number of aromatic nitrogens is 1. The van der Waals surface area contributed by atoms with Crippen LogP contribution >= 0.6 is 27.5 Å². The number of furan rings is 1. The minimum atomic E-state index is 0.379. The number of ether oxygens (including phenoxy) is 1. The lowest BCUT2D eigenvalue weighted by Crippen LogP contribution is -1.97. The van der Waals surface area contributed by atoms with Gasteiger partial charge in [0, 0.05) is 17.0 Å². The highest BCUT2D eigenvalue weighted by atomic mass is 79.9. The molecule has 0 spiro atoms. The van der Waals surface area contributed by atoms with Crippen molar-refractivity contribution in [3.8, 4) is 5.88 Å². The number of aryl methyl sites for hydroxylation is 1. The van der Waals surface area contributed by atoms with E-state index >= 15 is 0 Å². The van der Waals surface area contributed by atoms with Crippen molar-refractivity contribution in [3.05, 3.63) is 57.3 Å². The molecule has 0 bridgehead atoms. The maximum Gasteiger partial charge on any atom is 0.214 e. The number of rotatable bonds is 3. The van der Waals surface area contributed by atoms with Gasteiger partial charge >= 0.3 is 0 Å². The van der Waals surface area contributed by atoms with Gasteiger partial charge in [-0.2, -0.15) is 0 Å². The van der Waals surface area contributed by atoms with Crippen molar-refractivity contribution in [2.24, 2.45) is 0 Å². The Morgan fingerprint density at radius 1 is 1.30 bits per heavy atom. The van der Waals surface area contributed by atoms with Crippen LogP contribution in [0, 0.1) is 6.92 Å². The summed E-state index contributed by atoms with van der Waals surface area (Å²) in [5.41, 5.74) is 1.71. The van der Waals surface area contributed by atoms with E-state index in [9.17, 15) is 0 Å². The minimum absolute atomic E-state index is 0.379. The van der Waals surface area contributed by atoms with E-state index in [-0.39, 0.29) is 0 Å². The zero-order valence-corrected chi connectivity index (χ0v) is 13.0. The first-order valence-corrected chi connectivity index (χ1v) is 7.23. The molecule has 0 aliphatic carbocycles. The van der Waals surface area contributed by atoms with Gasteiger partial charge in [0.2, 0.25) is 5.88 Å². The predicted octanol–water partition coefficient (Wildman–Crippen LogP) is 5.13. The standard InChI is InChI=1S/C15H11BrClNO2/c1-9-7-11-12(17)6-5-10(15(11)20-9)8-19-14-4-2-3-13(16)18-14/h2-7H,8H2,1H3. The van der Waals surface area contributed by atoms with Crippen molar-refractivity contribution in [1.29, 1.82) is 0 Å². The van der Waals surface area contributed by atoms with Gasteiger partial charge in [0.05, 0.1) is 5.02 Å². The zero-order valence-electron chi connectivity index (χ0n) is 10.7. The number of halogens is 2. The maximum absolute atomic E-state index is 6.16. The molecule has 0 saturated carbocycles. The van der Waals surface area contributed by atoms with Gasteiger partial charge in [-0.1, -0.05) is 23.7 Å². The third-order valence-electron chi connectivity index (χ3n) is 2.90. The molecule has 1 aromatic carbocycles. The van der Waals surface area contributed by atoms with Crippen molar-refractivity contribution in [3.63, 3.8) is 0 Å². The third-order valence-corrected chi connectivity index (χ3v) is 3.67. The summed E-state index contributed by atoms with van der Waals surface area (Å²) in [4.78, 5) is 4.23. The molecule has 5 heteroatoms. The molecule has 20 heavy (non-hydrogen) atoms. The van der Waals surface area contributed by atoms with Crippen molar-refractivity contribution in [2.75, 3.05) is 0 Å². The fourth-order valence-corrected chi connectivity index (χ4v) is 2.54. The van der Waals surface area contributed by atoms with Crippen LogP contribution in [0.5, 0.6) is 5.88 Å². The largest absolute Gasteiger partial charge is 0.473 e. The Morgan fingerprint density at radius 2 is 2.15 bits per heavy atom. The van der Waals surface area contributed by atoms with Gasteiger partial charge in [-0.3, -0.25) is 0 Å². The molecule has 0 atom stereocenters. The second-order valence-electron chi connectivity index (χ2n) is 4.39. The second-order valence-corrected chi connectivity index (χ2v) is 5.61. The third kappa shape index (κ3) is 2.67. The second kappa shape index (κ2) is 5.46. The van der Waals surface area contributed by atoms with Crippen molar-refractivity contribution >= 4 is 38.5 Å². The van der Waals surface area contributed by atoms with Crippen LogP contribution in [0.4, 0.5) is 0 Å². The summed E-state index contributed by atoms with van der Waals surface area (Å²) in [5, 5.41) is 1.59. The summed E-state index contributed by atoms with van der Waals surface area (Å²) < 4.78 is 12.1. The molecule has 0 saturated heterocycles. The molecule has 0 N–H and O–H groups in total. The molecule has 0 aliphatic rings. The molecule has 3 nitrogen and oxygen atoms in total. The van der Waals surface area contributed by atoms with Crippen molar-refractivity contribution in [1.82, 2.24) is 4.98 Å². The Hall–Kier alpha value is -1.52. The van der Waals surface area contributed by atoms with E-state index in [0.717, 1.165) is 26.9 Å². The van der Waals surface area contributed by atoms with E-state index < -0.39 is 0 Å². The van der Waals surface area contributed by atoms with Crippen LogP contribution in [-0.4, -0.2) is 4.98 Å². The zero-order chi connectivity index (χ0) is 14.1. The Labute approximate surface area is 129 Å². The number of hydrogen-bond acceptors (Lipinski definition) is 3. The van der Waals surface area contributed by atoms with E-state index in [2.05, 4.69) is 20.9 Å². The summed E-state index contributed by atoms with van der Waals surface area (Å²) in [6.07, 6.45) is 0. The molecule has 3 rings (SSSR count). The van der Waals surface area contributed by atoms with Crippen LogP contribution in [0.3, 0.4) is 0 Å². The first-order chi connectivity index (χ1) is 9.63. The van der Waals surface area contributed by atoms with Crippen molar-refractivity contribution in [2.45, 2.75) is 13.5 Å². The summed E-state index contributed by atoms with van der Waals surface area (Å²) in [5.74, 6) is 1.39. The smallest absolute Gasteiger partial charge is 0.214 e. The van der Waals surface area contributed by atoms with E-state index in [1.54, 1.807) is 0 Å². The lowest BCUT2D eigenvalue weighted by Gasteiger charge is -2.06. The molecule has 0 fully saturated rings. The average molecular weight is 353 g/mol. The van der Waals surface area contributed by atoms with Crippen LogP contribution in [0.25, 0.3) is 11.0 Å². The minimum Gasteiger partial charge on any atom is -0.473 e. The molecule has 0 aliphatic heterocycles. The fourth-order valence-electron chi connectivity index (χ4n) is 2.00. The van der Waals surface area contributed by atoms with Crippen LogP contribution in [0.15, 0.2) is 45.4 Å². The van der Waals surface area contributed by atoms with Gasteiger partial charge in [0.1, 0.15) is 22.6 Å². The van der Waals surface area contributed by atoms with Gasteiger partial charge in [0.15, 0.2) is 0 Å². The molecule has 0 amide bonds. The number of fused-ring (bicyclic) bond motifs is 1. The summed E-state index contributed by atoms with van der Waals surface area (Å²) in [6.45, 7) is 2.28. The number of nitrogens with zero attached hydrogens (tertiary/aromatic N) is 1. The molecular formula is C15H11BrClNO2. The van der Waals surface area contributed by atoms with Gasteiger partial charge in [-0.05, 0) is 41.1 Å². The van der Waals surface area contributed by atoms with Gasteiger partial charge < -0.3 is 9.15 Å².